The van der Waals surface area contributed by atoms with E-state index in [1.54, 1.807) is 16.4 Å². The van der Waals surface area contributed by atoms with Gasteiger partial charge < -0.3 is 5.32 Å². The lowest BCUT2D eigenvalue weighted by Gasteiger charge is -2.33. The molecule has 2 aliphatic heterocycles. The van der Waals surface area contributed by atoms with E-state index in [4.69, 9.17) is 0 Å². The molecule has 1 N–H and O–H groups in total. The van der Waals surface area contributed by atoms with Gasteiger partial charge in [0.1, 0.15) is 0 Å². The van der Waals surface area contributed by atoms with Gasteiger partial charge in [0.05, 0.1) is 10.4 Å². The fraction of sp³-hybridized carbons (Fsp3) is 0.294. The first-order valence-corrected chi connectivity index (χ1v) is 8.96. The lowest BCUT2D eigenvalue weighted by atomic mass is 9.88. The van der Waals surface area contributed by atoms with Crippen molar-refractivity contribution < 1.29 is 8.42 Å². The van der Waals surface area contributed by atoms with E-state index in [0.29, 0.717) is 18.0 Å². The molecule has 0 radical (unpaired) electrons. The topological polar surface area (TPSA) is 49.4 Å². The maximum absolute atomic E-state index is 13.0. The zero-order valence-corrected chi connectivity index (χ0v) is 13.0. The fourth-order valence-electron chi connectivity index (χ4n) is 3.67. The number of hydrogen-bond acceptors (Lipinski definition) is 3. The third kappa shape index (κ3) is 1.86. The molecule has 0 bridgehead atoms. The normalized spacial score (nSPS) is 26.4. The highest BCUT2D eigenvalue weighted by atomic mass is 32.2. The average Bonchev–Trinajstić information content (AvgIpc) is 3.09. The van der Waals surface area contributed by atoms with Crippen LogP contribution in [0.25, 0.3) is 0 Å². The Labute approximate surface area is 130 Å². The molecule has 2 aromatic carbocycles. The number of nitrogens with zero attached hydrogens (tertiary/aromatic N) is 1. The molecular weight excluding hydrogens is 296 g/mol. The molecule has 0 aromatic heterocycles. The molecule has 5 heteroatoms. The fourth-order valence-corrected chi connectivity index (χ4v) is 5.72. The molecule has 1 atom stereocenters. The molecule has 0 aliphatic carbocycles. The van der Waals surface area contributed by atoms with Crippen molar-refractivity contribution in [2.75, 3.05) is 13.1 Å². The molecule has 1 saturated heterocycles. The summed E-state index contributed by atoms with van der Waals surface area (Å²) in [6.45, 7) is 1.94. The van der Waals surface area contributed by atoms with Gasteiger partial charge in [0.2, 0.25) is 10.0 Å². The first-order valence-electron chi connectivity index (χ1n) is 7.52. The van der Waals surface area contributed by atoms with Crippen molar-refractivity contribution in [2.24, 2.45) is 0 Å². The molecule has 1 unspecified atom stereocenters. The minimum Gasteiger partial charge on any atom is -0.314 e. The number of fused-ring (bicyclic) bond motifs is 2. The van der Waals surface area contributed by atoms with E-state index in [0.717, 1.165) is 24.1 Å². The van der Waals surface area contributed by atoms with E-state index in [-0.39, 0.29) is 0 Å². The van der Waals surface area contributed by atoms with Crippen molar-refractivity contribution in [3.05, 3.63) is 65.7 Å². The maximum Gasteiger partial charge on any atom is 0.244 e. The summed E-state index contributed by atoms with van der Waals surface area (Å²) in [5.74, 6) is 0. The van der Waals surface area contributed by atoms with E-state index in [1.165, 1.54) is 0 Å². The Hall–Kier alpha value is -1.69. The second-order valence-corrected chi connectivity index (χ2v) is 7.78. The number of nitrogens with one attached hydrogen (secondary N) is 1. The third-order valence-corrected chi connectivity index (χ3v) is 6.71. The van der Waals surface area contributed by atoms with Crippen LogP contribution in [-0.2, 0) is 22.1 Å². The molecule has 0 amide bonds. The third-order valence-electron chi connectivity index (χ3n) is 4.74. The van der Waals surface area contributed by atoms with Crippen LogP contribution in [0.15, 0.2) is 59.5 Å². The van der Waals surface area contributed by atoms with Crippen LogP contribution in [0.4, 0.5) is 0 Å². The standard InChI is InChI=1S/C17H18N2O2S/c20-22(21)16-9-5-4-8-15(16)17(10-11-18-13-17)19(22)12-14-6-2-1-3-7-14/h1-9,18H,10-13H2. The first-order chi connectivity index (χ1) is 10.6. The second kappa shape index (κ2) is 4.91. The summed E-state index contributed by atoms with van der Waals surface area (Å²) >= 11 is 0. The lowest BCUT2D eigenvalue weighted by molar-refractivity contribution is 0.213. The van der Waals surface area contributed by atoms with Gasteiger partial charge in [-0.1, -0.05) is 48.5 Å². The average molecular weight is 314 g/mol. The zero-order chi connectivity index (χ0) is 15.2. The van der Waals surface area contributed by atoms with Gasteiger partial charge in [-0.3, -0.25) is 0 Å². The smallest absolute Gasteiger partial charge is 0.244 e. The molecule has 4 rings (SSSR count). The Balaban J connectivity index is 1.86. The van der Waals surface area contributed by atoms with Gasteiger partial charge in [-0.25, -0.2) is 8.42 Å². The minimum atomic E-state index is -3.44. The summed E-state index contributed by atoms with van der Waals surface area (Å²) in [6.07, 6.45) is 0.816. The Morgan fingerprint density at radius 3 is 2.50 bits per heavy atom. The molecule has 2 aliphatic rings. The van der Waals surface area contributed by atoms with Crippen molar-refractivity contribution in [2.45, 2.75) is 23.4 Å². The van der Waals surface area contributed by atoms with Crippen molar-refractivity contribution in [1.82, 2.24) is 9.62 Å². The van der Waals surface area contributed by atoms with Gasteiger partial charge in [-0.15, -0.1) is 0 Å². The monoisotopic (exact) mass is 314 g/mol. The first kappa shape index (κ1) is 13.9. The van der Waals surface area contributed by atoms with Crippen LogP contribution in [0.3, 0.4) is 0 Å². The largest absolute Gasteiger partial charge is 0.314 e. The van der Waals surface area contributed by atoms with Crippen LogP contribution in [0, 0.1) is 0 Å². The van der Waals surface area contributed by atoms with Gasteiger partial charge in [0.25, 0.3) is 0 Å². The number of sulfonamides is 1. The highest BCUT2D eigenvalue weighted by Crippen LogP contribution is 2.48. The maximum atomic E-state index is 13.0. The van der Waals surface area contributed by atoms with E-state index in [1.807, 2.05) is 42.5 Å². The highest BCUT2D eigenvalue weighted by Gasteiger charge is 2.54. The predicted octanol–water partition coefficient (Wildman–Crippen LogP) is 2.08. The number of rotatable bonds is 2. The van der Waals surface area contributed by atoms with Crippen LogP contribution < -0.4 is 5.32 Å². The molecule has 22 heavy (non-hydrogen) atoms. The van der Waals surface area contributed by atoms with Crippen LogP contribution in [-0.4, -0.2) is 25.8 Å². The summed E-state index contributed by atoms with van der Waals surface area (Å²) in [5, 5.41) is 3.34. The Bertz CT molecular complexity index is 796. The van der Waals surface area contributed by atoms with E-state index < -0.39 is 15.6 Å². The van der Waals surface area contributed by atoms with Crippen LogP contribution >= 0.6 is 0 Å². The summed E-state index contributed by atoms with van der Waals surface area (Å²) in [4.78, 5) is 0.467. The lowest BCUT2D eigenvalue weighted by Crippen LogP contribution is -2.44. The van der Waals surface area contributed by atoms with Crippen LogP contribution in [0.2, 0.25) is 0 Å². The van der Waals surface area contributed by atoms with Crippen LogP contribution in [0.1, 0.15) is 17.5 Å². The van der Waals surface area contributed by atoms with Gasteiger partial charge in [0.15, 0.2) is 0 Å². The summed E-state index contributed by atoms with van der Waals surface area (Å²) in [7, 11) is -3.44. The van der Waals surface area contributed by atoms with Crippen molar-refractivity contribution >= 4 is 10.0 Å². The number of hydrogen-bond donors (Lipinski definition) is 1. The second-order valence-electron chi connectivity index (χ2n) is 5.95. The molecular formula is C17H18N2O2S. The summed E-state index contributed by atoms with van der Waals surface area (Å²) < 4.78 is 27.8. The van der Waals surface area contributed by atoms with Crippen LogP contribution in [0.5, 0.6) is 0 Å². The molecule has 4 nitrogen and oxygen atoms in total. The van der Waals surface area contributed by atoms with Gasteiger partial charge in [0, 0.05) is 13.1 Å². The minimum absolute atomic E-state index is 0.416. The van der Waals surface area contributed by atoms with Gasteiger partial charge in [-0.2, -0.15) is 4.31 Å². The zero-order valence-electron chi connectivity index (χ0n) is 12.2. The Morgan fingerprint density at radius 1 is 1.05 bits per heavy atom. The van der Waals surface area contributed by atoms with E-state index in [9.17, 15) is 8.42 Å². The SMILES string of the molecule is O=S1(=O)c2ccccc2C2(CCNC2)N1Cc1ccccc1. The molecule has 0 saturated carbocycles. The molecule has 1 fully saturated rings. The van der Waals surface area contributed by atoms with E-state index >= 15 is 0 Å². The summed E-state index contributed by atoms with van der Waals surface area (Å²) in [5.41, 5.74) is 1.52. The van der Waals surface area contributed by atoms with E-state index in [2.05, 4.69) is 5.32 Å². The van der Waals surface area contributed by atoms with Crippen molar-refractivity contribution in [3.8, 4) is 0 Å². The Morgan fingerprint density at radius 2 is 1.77 bits per heavy atom. The van der Waals surface area contributed by atoms with Gasteiger partial charge >= 0.3 is 0 Å². The van der Waals surface area contributed by atoms with Crippen molar-refractivity contribution in [3.63, 3.8) is 0 Å². The predicted molar refractivity (Wildman–Crippen MR) is 84.8 cm³/mol. The summed E-state index contributed by atoms with van der Waals surface area (Å²) in [6, 6.07) is 17.2. The Kier molecular flexibility index (Phi) is 3.11. The molecule has 114 valence electrons. The number of benzene rings is 2. The highest BCUT2D eigenvalue weighted by molar-refractivity contribution is 7.89. The molecule has 2 heterocycles. The molecule has 1 spiro atoms. The molecule has 2 aromatic rings. The van der Waals surface area contributed by atoms with Gasteiger partial charge in [-0.05, 0) is 30.2 Å². The quantitative estimate of drug-likeness (QED) is 0.923. The van der Waals surface area contributed by atoms with Crippen molar-refractivity contribution in [1.29, 1.82) is 0 Å².